The highest BCUT2D eigenvalue weighted by Crippen LogP contribution is 2.37. The normalized spacial score (nSPS) is 15.4. The highest BCUT2D eigenvalue weighted by atomic mass is 35.5. The summed E-state index contributed by atoms with van der Waals surface area (Å²) >= 11 is 12.6. The fourth-order valence-electron chi connectivity index (χ4n) is 2.44. The largest absolute Gasteiger partial charge is 0.490 e. The third-order valence-electron chi connectivity index (χ3n) is 3.57. The van der Waals surface area contributed by atoms with E-state index in [2.05, 4.69) is 0 Å². The lowest BCUT2D eigenvalue weighted by Gasteiger charge is -2.15. The molecule has 1 heterocycles. The van der Waals surface area contributed by atoms with Crippen molar-refractivity contribution in [2.45, 2.75) is 18.7 Å². The van der Waals surface area contributed by atoms with Gasteiger partial charge in [0.1, 0.15) is 0 Å². The van der Waals surface area contributed by atoms with E-state index in [-0.39, 0.29) is 5.38 Å². The molecule has 0 N–H and O–H groups in total. The molecule has 0 fully saturated rings. The minimum atomic E-state index is -0.237. The number of fused-ring (bicyclic) bond motifs is 1. The lowest BCUT2D eigenvalue weighted by Crippen LogP contribution is -1.98. The number of hydrogen-bond acceptors (Lipinski definition) is 2. The van der Waals surface area contributed by atoms with Crippen molar-refractivity contribution in [3.8, 4) is 11.5 Å². The summed E-state index contributed by atoms with van der Waals surface area (Å²) in [6.45, 7) is 3.37. The Balaban J connectivity index is 1.94. The fraction of sp³-hybridized carbons (Fsp3) is 0.294. The van der Waals surface area contributed by atoms with E-state index in [1.165, 1.54) is 0 Å². The molecule has 0 saturated carbocycles. The van der Waals surface area contributed by atoms with Crippen LogP contribution >= 0.6 is 23.2 Å². The molecule has 0 amide bonds. The van der Waals surface area contributed by atoms with Crippen molar-refractivity contribution < 1.29 is 9.47 Å². The van der Waals surface area contributed by atoms with Crippen molar-refractivity contribution >= 4 is 23.2 Å². The molecular formula is C17H16Cl2O2. The second kappa shape index (κ2) is 6.17. The summed E-state index contributed by atoms with van der Waals surface area (Å²) in [5.74, 6) is 1.55. The molecule has 3 rings (SSSR count). The van der Waals surface area contributed by atoms with Crippen LogP contribution in [0.25, 0.3) is 0 Å². The van der Waals surface area contributed by atoms with Gasteiger partial charge in [-0.3, -0.25) is 0 Å². The summed E-state index contributed by atoms with van der Waals surface area (Å²) in [4.78, 5) is 0. The van der Waals surface area contributed by atoms with Crippen LogP contribution in [0.15, 0.2) is 36.4 Å². The number of halogens is 2. The van der Waals surface area contributed by atoms with Crippen LogP contribution in [-0.4, -0.2) is 13.2 Å². The van der Waals surface area contributed by atoms with Gasteiger partial charge in [0.15, 0.2) is 11.5 Å². The van der Waals surface area contributed by atoms with E-state index in [1.807, 2.05) is 43.3 Å². The van der Waals surface area contributed by atoms with Gasteiger partial charge in [-0.25, -0.2) is 0 Å². The van der Waals surface area contributed by atoms with Crippen LogP contribution in [0.2, 0.25) is 5.02 Å². The summed E-state index contributed by atoms with van der Waals surface area (Å²) in [5, 5.41) is 0.484. The number of ether oxygens (including phenoxy) is 2. The number of hydrogen-bond donors (Lipinski definition) is 0. The Kier molecular flexibility index (Phi) is 4.27. The van der Waals surface area contributed by atoms with Gasteiger partial charge >= 0.3 is 0 Å². The van der Waals surface area contributed by atoms with Gasteiger partial charge in [0.25, 0.3) is 0 Å². The zero-order valence-corrected chi connectivity index (χ0v) is 13.2. The highest BCUT2D eigenvalue weighted by Gasteiger charge is 2.17. The van der Waals surface area contributed by atoms with Crippen LogP contribution in [0.1, 0.15) is 28.5 Å². The molecule has 0 bridgehead atoms. The fourth-order valence-corrected chi connectivity index (χ4v) is 3.05. The third kappa shape index (κ3) is 3.12. The zero-order valence-electron chi connectivity index (χ0n) is 11.7. The first kappa shape index (κ1) is 14.6. The molecule has 1 atom stereocenters. The van der Waals surface area contributed by atoms with Crippen molar-refractivity contribution in [3.63, 3.8) is 0 Å². The molecule has 21 heavy (non-hydrogen) atoms. The second-order valence-electron chi connectivity index (χ2n) is 5.12. The van der Waals surface area contributed by atoms with Gasteiger partial charge in [-0.1, -0.05) is 23.7 Å². The van der Waals surface area contributed by atoms with Crippen molar-refractivity contribution in [2.75, 3.05) is 13.2 Å². The summed E-state index contributed by atoms with van der Waals surface area (Å²) in [6, 6.07) is 11.6. The average molecular weight is 323 g/mol. The molecule has 0 aliphatic carbocycles. The monoisotopic (exact) mass is 322 g/mol. The van der Waals surface area contributed by atoms with Gasteiger partial charge in [0.05, 0.1) is 18.6 Å². The Morgan fingerprint density at radius 2 is 1.76 bits per heavy atom. The Hall–Kier alpha value is -1.38. The van der Waals surface area contributed by atoms with E-state index in [9.17, 15) is 0 Å². The maximum Gasteiger partial charge on any atom is 0.161 e. The molecular weight excluding hydrogens is 307 g/mol. The smallest absolute Gasteiger partial charge is 0.161 e. The number of benzene rings is 2. The number of aryl methyl sites for hydroxylation is 1. The van der Waals surface area contributed by atoms with Gasteiger partial charge in [0.2, 0.25) is 0 Å². The van der Waals surface area contributed by atoms with Crippen molar-refractivity contribution in [3.05, 3.63) is 58.1 Å². The van der Waals surface area contributed by atoms with Gasteiger partial charge in [0, 0.05) is 11.4 Å². The van der Waals surface area contributed by atoms with E-state index in [0.29, 0.717) is 13.2 Å². The van der Waals surface area contributed by atoms with Crippen molar-refractivity contribution in [1.82, 2.24) is 0 Å². The maximum atomic E-state index is 6.63. The van der Waals surface area contributed by atoms with Gasteiger partial charge in [-0.2, -0.15) is 0 Å². The molecule has 2 nitrogen and oxygen atoms in total. The van der Waals surface area contributed by atoms with Crippen LogP contribution in [-0.2, 0) is 0 Å². The number of alkyl halides is 1. The molecule has 1 unspecified atom stereocenters. The van der Waals surface area contributed by atoms with E-state index in [0.717, 1.165) is 39.6 Å². The van der Waals surface area contributed by atoms with E-state index in [1.54, 1.807) is 0 Å². The van der Waals surface area contributed by atoms with Gasteiger partial charge in [-0.15, -0.1) is 11.6 Å². The highest BCUT2D eigenvalue weighted by molar-refractivity contribution is 6.30. The first-order chi connectivity index (χ1) is 10.1. The second-order valence-corrected chi connectivity index (χ2v) is 5.99. The van der Waals surface area contributed by atoms with Crippen LogP contribution < -0.4 is 9.47 Å². The molecule has 0 radical (unpaired) electrons. The maximum absolute atomic E-state index is 6.63. The quantitative estimate of drug-likeness (QED) is 0.713. The minimum Gasteiger partial charge on any atom is -0.490 e. The molecule has 1 aliphatic heterocycles. The summed E-state index contributed by atoms with van der Waals surface area (Å²) < 4.78 is 11.4. The van der Waals surface area contributed by atoms with E-state index in [4.69, 9.17) is 32.7 Å². The SMILES string of the molecule is Cc1cc(Cl)ccc1C(Cl)c1ccc2c(c1)OCCCO2. The molecule has 0 aromatic heterocycles. The van der Waals surface area contributed by atoms with E-state index < -0.39 is 0 Å². The molecule has 4 heteroatoms. The molecule has 0 spiro atoms. The van der Waals surface area contributed by atoms with Crippen LogP contribution in [0.5, 0.6) is 11.5 Å². The van der Waals surface area contributed by atoms with Crippen LogP contribution in [0, 0.1) is 6.92 Å². The first-order valence-electron chi connectivity index (χ1n) is 6.95. The summed E-state index contributed by atoms with van der Waals surface area (Å²) in [6.07, 6.45) is 0.893. The Labute approximate surface area is 134 Å². The van der Waals surface area contributed by atoms with Crippen molar-refractivity contribution in [2.24, 2.45) is 0 Å². The van der Waals surface area contributed by atoms with Crippen LogP contribution in [0.3, 0.4) is 0 Å². The lowest BCUT2D eigenvalue weighted by molar-refractivity contribution is 0.297. The molecule has 110 valence electrons. The average Bonchev–Trinajstić information content (AvgIpc) is 2.71. The topological polar surface area (TPSA) is 18.5 Å². The molecule has 2 aromatic rings. The van der Waals surface area contributed by atoms with Gasteiger partial charge in [-0.05, 0) is 47.9 Å². The Bertz CT molecular complexity index is 655. The Morgan fingerprint density at radius 3 is 2.52 bits per heavy atom. The summed E-state index contributed by atoms with van der Waals surface area (Å²) in [5.41, 5.74) is 3.12. The molecule has 1 aliphatic rings. The molecule has 0 saturated heterocycles. The predicted molar refractivity (Wildman–Crippen MR) is 85.9 cm³/mol. The molecule has 2 aromatic carbocycles. The number of rotatable bonds is 2. The standard InChI is InChI=1S/C17H16Cl2O2/c1-11-9-13(18)4-5-14(11)17(19)12-3-6-15-16(10-12)21-8-2-7-20-15/h3-6,9-10,17H,2,7-8H2,1H3. The van der Waals surface area contributed by atoms with E-state index >= 15 is 0 Å². The third-order valence-corrected chi connectivity index (χ3v) is 4.29. The lowest BCUT2D eigenvalue weighted by atomic mass is 10.00. The first-order valence-corrected chi connectivity index (χ1v) is 7.76. The Morgan fingerprint density at radius 1 is 1.00 bits per heavy atom. The van der Waals surface area contributed by atoms with Crippen molar-refractivity contribution in [1.29, 1.82) is 0 Å². The minimum absolute atomic E-state index is 0.237. The van der Waals surface area contributed by atoms with Gasteiger partial charge < -0.3 is 9.47 Å². The predicted octanol–water partition coefficient (Wildman–Crippen LogP) is 5.14. The zero-order chi connectivity index (χ0) is 14.8. The van der Waals surface area contributed by atoms with Crippen LogP contribution in [0.4, 0.5) is 0 Å². The summed E-state index contributed by atoms with van der Waals surface area (Å²) in [7, 11) is 0.